The minimum absolute atomic E-state index is 0.0305. The number of hydrogen-bond donors (Lipinski definition) is 0. The number of hydrogen-bond acceptors (Lipinski definition) is 3. The Hall–Kier alpha value is -2.95. The third-order valence-electron chi connectivity index (χ3n) is 4.99. The molecule has 0 aromatic heterocycles. The van der Waals surface area contributed by atoms with Gasteiger partial charge in [-0.05, 0) is 36.1 Å². The zero-order chi connectivity index (χ0) is 19.4. The van der Waals surface area contributed by atoms with Crippen LogP contribution >= 0.6 is 0 Å². The molecule has 140 valence electrons. The van der Waals surface area contributed by atoms with Gasteiger partial charge >= 0.3 is 0 Å². The monoisotopic (exact) mass is 364 g/mol. The van der Waals surface area contributed by atoms with E-state index in [9.17, 15) is 14.4 Å². The summed E-state index contributed by atoms with van der Waals surface area (Å²) in [5.41, 5.74) is 2.80. The van der Waals surface area contributed by atoms with Gasteiger partial charge in [0.05, 0.1) is 12.1 Å². The van der Waals surface area contributed by atoms with Crippen molar-refractivity contribution >= 4 is 23.4 Å². The molecule has 0 bridgehead atoms. The van der Waals surface area contributed by atoms with Crippen molar-refractivity contribution < 1.29 is 14.4 Å². The smallest absolute Gasteiger partial charge is 0.257 e. The SMILES string of the molecule is CCc1ccc(N2C(=O)C[C@H](N(CCc3ccccc3)C(C)=O)C2=O)cc1. The molecule has 1 heterocycles. The second-order valence-corrected chi connectivity index (χ2v) is 6.76. The topological polar surface area (TPSA) is 57.7 Å². The van der Waals surface area contributed by atoms with Gasteiger partial charge in [-0.3, -0.25) is 14.4 Å². The first-order valence-electron chi connectivity index (χ1n) is 9.28. The van der Waals surface area contributed by atoms with Gasteiger partial charge in [-0.25, -0.2) is 4.90 Å². The second-order valence-electron chi connectivity index (χ2n) is 6.76. The zero-order valence-electron chi connectivity index (χ0n) is 15.7. The number of rotatable bonds is 6. The first-order valence-corrected chi connectivity index (χ1v) is 9.28. The molecule has 2 aromatic carbocycles. The molecule has 1 saturated heterocycles. The average molecular weight is 364 g/mol. The quantitative estimate of drug-likeness (QED) is 0.741. The number of nitrogens with zero attached hydrogens (tertiary/aromatic N) is 2. The maximum Gasteiger partial charge on any atom is 0.257 e. The molecule has 0 N–H and O–H groups in total. The molecule has 0 radical (unpaired) electrons. The molecule has 1 fully saturated rings. The Morgan fingerprint density at radius 2 is 1.70 bits per heavy atom. The highest BCUT2D eigenvalue weighted by Gasteiger charge is 2.43. The van der Waals surface area contributed by atoms with E-state index < -0.39 is 6.04 Å². The van der Waals surface area contributed by atoms with E-state index in [-0.39, 0.29) is 24.1 Å². The summed E-state index contributed by atoms with van der Waals surface area (Å²) in [5, 5.41) is 0. The minimum atomic E-state index is -0.732. The van der Waals surface area contributed by atoms with Crippen molar-refractivity contribution in [2.24, 2.45) is 0 Å². The summed E-state index contributed by atoms with van der Waals surface area (Å²) in [6.07, 6.45) is 1.56. The van der Waals surface area contributed by atoms with Crippen LogP contribution in [0.3, 0.4) is 0 Å². The number of amides is 3. The molecule has 1 aliphatic rings. The molecule has 5 nitrogen and oxygen atoms in total. The average Bonchev–Trinajstić information content (AvgIpc) is 2.97. The third kappa shape index (κ3) is 4.08. The van der Waals surface area contributed by atoms with E-state index in [4.69, 9.17) is 0 Å². The summed E-state index contributed by atoms with van der Waals surface area (Å²) in [6, 6.07) is 16.5. The molecule has 0 saturated carbocycles. The largest absolute Gasteiger partial charge is 0.330 e. The maximum atomic E-state index is 12.9. The molecule has 2 aromatic rings. The highest BCUT2D eigenvalue weighted by molar-refractivity contribution is 6.22. The lowest BCUT2D eigenvalue weighted by Crippen LogP contribution is -2.45. The number of aryl methyl sites for hydroxylation is 1. The van der Waals surface area contributed by atoms with Gasteiger partial charge in [0.1, 0.15) is 6.04 Å². The van der Waals surface area contributed by atoms with Crippen LogP contribution in [-0.4, -0.2) is 35.2 Å². The van der Waals surface area contributed by atoms with Crippen molar-refractivity contribution in [1.29, 1.82) is 0 Å². The van der Waals surface area contributed by atoms with Crippen LogP contribution < -0.4 is 4.90 Å². The van der Waals surface area contributed by atoms with E-state index in [1.807, 2.05) is 42.5 Å². The fourth-order valence-electron chi connectivity index (χ4n) is 3.44. The Bertz CT molecular complexity index is 830. The van der Waals surface area contributed by atoms with E-state index in [0.29, 0.717) is 18.7 Å². The normalized spacial score (nSPS) is 16.7. The van der Waals surface area contributed by atoms with Crippen LogP contribution in [0.4, 0.5) is 5.69 Å². The van der Waals surface area contributed by atoms with Gasteiger partial charge < -0.3 is 4.90 Å². The van der Waals surface area contributed by atoms with Crippen LogP contribution in [0.25, 0.3) is 0 Å². The van der Waals surface area contributed by atoms with E-state index in [2.05, 4.69) is 6.92 Å². The van der Waals surface area contributed by atoms with Crippen LogP contribution in [0.15, 0.2) is 54.6 Å². The number of carbonyl (C=O) groups is 3. The lowest BCUT2D eigenvalue weighted by molar-refractivity contribution is -0.136. The summed E-state index contributed by atoms with van der Waals surface area (Å²) in [5.74, 6) is -0.784. The van der Waals surface area contributed by atoms with Crippen LogP contribution in [0.5, 0.6) is 0 Å². The van der Waals surface area contributed by atoms with Crippen molar-refractivity contribution in [2.45, 2.75) is 39.2 Å². The Balaban J connectivity index is 1.76. The number of carbonyl (C=O) groups excluding carboxylic acids is 3. The fourth-order valence-corrected chi connectivity index (χ4v) is 3.44. The lowest BCUT2D eigenvalue weighted by atomic mass is 10.1. The van der Waals surface area contributed by atoms with Crippen molar-refractivity contribution in [1.82, 2.24) is 4.90 Å². The number of imide groups is 1. The van der Waals surface area contributed by atoms with Gasteiger partial charge in [0, 0.05) is 13.5 Å². The molecule has 0 unspecified atom stereocenters. The summed E-state index contributed by atoms with van der Waals surface area (Å²) in [4.78, 5) is 40.4. The van der Waals surface area contributed by atoms with Gasteiger partial charge in [-0.15, -0.1) is 0 Å². The predicted molar refractivity (Wildman–Crippen MR) is 104 cm³/mol. The van der Waals surface area contributed by atoms with Crippen molar-refractivity contribution in [3.63, 3.8) is 0 Å². The predicted octanol–water partition coefficient (Wildman–Crippen LogP) is 2.97. The van der Waals surface area contributed by atoms with Gasteiger partial charge in [0.15, 0.2) is 0 Å². The van der Waals surface area contributed by atoms with E-state index in [1.165, 1.54) is 16.7 Å². The molecular formula is C22H24N2O3. The summed E-state index contributed by atoms with van der Waals surface area (Å²) < 4.78 is 0. The molecule has 5 heteroatoms. The van der Waals surface area contributed by atoms with Crippen molar-refractivity contribution in [3.05, 3.63) is 65.7 Å². The molecule has 3 amide bonds. The van der Waals surface area contributed by atoms with Crippen LogP contribution in [0.2, 0.25) is 0 Å². The van der Waals surface area contributed by atoms with Crippen LogP contribution in [0.1, 0.15) is 31.4 Å². The van der Waals surface area contributed by atoms with Crippen LogP contribution in [0, 0.1) is 0 Å². The van der Waals surface area contributed by atoms with E-state index in [1.54, 1.807) is 12.1 Å². The highest BCUT2D eigenvalue weighted by Crippen LogP contribution is 2.26. The maximum absolute atomic E-state index is 12.9. The van der Waals surface area contributed by atoms with Crippen LogP contribution in [-0.2, 0) is 27.2 Å². The first kappa shape index (κ1) is 18.8. The van der Waals surface area contributed by atoms with E-state index in [0.717, 1.165) is 17.5 Å². The minimum Gasteiger partial charge on any atom is -0.330 e. The van der Waals surface area contributed by atoms with Gasteiger partial charge in [-0.1, -0.05) is 49.4 Å². The Kier molecular flexibility index (Phi) is 5.69. The summed E-state index contributed by atoms with van der Waals surface area (Å²) in [7, 11) is 0. The standard InChI is InChI=1S/C22H24N2O3/c1-3-17-9-11-19(12-10-17)24-21(26)15-20(22(24)27)23(16(2)25)14-13-18-7-5-4-6-8-18/h4-12,20H,3,13-15H2,1-2H3/t20-/m0/s1. The number of benzene rings is 2. The van der Waals surface area contributed by atoms with Gasteiger partial charge in [0.25, 0.3) is 5.91 Å². The lowest BCUT2D eigenvalue weighted by Gasteiger charge is -2.26. The summed E-state index contributed by atoms with van der Waals surface area (Å²) in [6.45, 7) is 3.90. The van der Waals surface area contributed by atoms with E-state index >= 15 is 0 Å². The van der Waals surface area contributed by atoms with Crippen molar-refractivity contribution in [3.8, 4) is 0 Å². The zero-order valence-corrected chi connectivity index (χ0v) is 15.7. The molecule has 0 spiro atoms. The molecule has 1 aliphatic heterocycles. The first-order chi connectivity index (χ1) is 13.0. The summed E-state index contributed by atoms with van der Waals surface area (Å²) >= 11 is 0. The highest BCUT2D eigenvalue weighted by atomic mass is 16.2. The Labute approximate surface area is 159 Å². The van der Waals surface area contributed by atoms with Crippen molar-refractivity contribution in [2.75, 3.05) is 11.4 Å². The van der Waals surface area contributed by atoms with Gasteiger partial charge in [-0.2, -0.15) is 0 Å². The molecule has 27 heavy (non-hydrogen) atoms. The number of anilines is 1. The second kappa shape index (κ2) is 8.16. The Morgan fingerprint density at radius 1 is 1.04 bits per heavy atom. The molecular weight excluding hydrogens is 340 g/mol. The molecule has 1 atom stereocenters. The third-order valence-corrected chi connectivity index (χ3v) is 4.99. The molecule has 0 aliphatic carbocycles. The fraction of sp³-hybridized carbons (Fsp3) is 0.318. The molecule has 3 rings (SSSR count). The van der Waals surface area contributed by atoms with Gasteiger partial charge in [0.2, 0.25) is 11.8 Å². The Morgan fingerprint density at radius 3 is 2.30 bits per heavy atom.